The number of H-pyrrole nitrogens is 1. The maximum atomic E-state index is 4.31. The first-order valence-electron chi connectivity index (χ1n) is 4.40. The Hall–Kier alpha value is -1.61. The minimum Gasteiger partial charge on any atom is -0.361 e. The Labute approximate surface area is 85.2 Å². The van der Waals surface area contributed by atoms with Gasteiger partial charge in [0, 0.05) is 22.5 Å². The quantitative estimate of drug-likeness (QED) is 0.641. The number of benzene rings is 1. The van der Waals surface area contributed by atoms with Gasteiger partial charge in [0.25, 0.3) is 0 Å². The molecule has 0 unspecified atom stereocenters. The van der Waals surface area contributed by atoms with Crippen molar-refractivity contribution in [3.63, 3.8) is 0 Å². The van der Waals surface area contributed by atoms with Gasteiger partial charge in [-0.25, -0.2) is 4.98 Å². The Morgan fingerprint density at radius 2 is 2.21 bits per heavy atom. The van der Waals surface area contributed by atoms with E-state index in [1.54, 1.807) is 11.3 Å². The third kappa shape index (κ3) is 1.06. The number of rotatable bonds is 1. The molecule has 68 valence electrons. The fourth-order valence-corrected chi connectivity index (χ4v) is 2.20. The average molecular weight is 200 g/mol. The van der Waals surface area contributed by atoms with E-state index in [0.29, 0.717) is 0 Å². The van der Waals surface area contributed by atoms with Crippen molar-refractivity contribution in [3.8, 4) is 11.3 Å². The summed E-state index contributed by atoms with van der Waals surface area (Å²) in [5, 5.41) is 3.30. The summed E-state index contributed by atoms with van der Waals surface area (Å²) in [7, 11) is 0. The molecule has 3 rings (SSSR count). The molecule has 0 fully saturated rings. The van der Waals surface area contributed by atoms with E-state index >= 15 is 0 Å². The van der Waals surface area contributed by atoms with Crippen LogP contribution < -0.4 is 0 Å². The minimum atomic E-state index is 1.04. The zero-order valence-corrected chi connectivity index (χ0v) is 8.21. The van der Waals surface area contributed by atoms with Gasteiger partial charge in [0.15, 0.2) is 0 Å². The van der Waals surface area contributed by atoms with E-state index in [2.05, 4.69) is 39.6 Å². The van der Waals surface area contributed by atoms with Crippen LogP contribution in [0.1, 0.15) is 0 Å². The van der Waals surface area contributed by atoms with Gasteiger partial charge >= 0.3 is 0 Å². The SMILES string of the molecule is c1cc(-c2cscn2)c2[nH]ccc2c1. The van der Waals surface area contributed by atoms with E-state index in [9.17, 15) is 0 Å². The molecule has 2 heterocycles. The lowest BCUT2D eigenvalue weighted by atomic mass is 10.1. The third-order valence-corrected chi connectivity index (χ3v) is 2.88. The largest absolute Gasteiger partial charge is 0.361 e. The van der Waals surface area contributed by atoms with Gasteiger partial charge in [0.05, 0.1) is 16.7 Å². The number of hydrogen-bond donors (Lipinski definition) is 1. The molecular weight excluding hydrogens is 192 g/mol. The second-order valence-corrected chi connectivity index (χ2v) is 3.84. The molecule has 0 aliphatic rings. The number of thiazole rings is 1. The molecule has 3 heteroatoms. The third-order valence-electron chi connectivity index (χ3n) is 2.30. The molecule has 3 aromatic rings. The summed E-state index contributed by atoms with van der Waals surface area (Å²) < 4.78 is 0. The van der Waals surface area contributed by atoms with Crippen LogP contribution in [0.25, 0.3) is 22.2 Å². The van der Waals surface area contributed by atoms with Crippen LogP contribution >= 0.6 is 11.3 Å². The van der Waals surface area contributed by atoms with Gasteiger partial charge in [0.1, 0.15) is 0 Å². The van der Waals surface area contributed by atoms with Crippen LogP contribution in [0.4, 0.5) is 0 Å². The first kappa shape index (κ1) is 7.76. The van der Waals surface area contributed by atoms with Gasteiger partial charge in [0.2, 0.25) is 0 Å². The van der Waals surface area contributed by atoms with Gasteiger partial charge in [-0.15, -0.1) is 11.3 Å². The van der Waals surface area contributed by atoms with Crippen molar-refractivity contribution >= 4 is 22.2 Å². The molecule has 14 heavy (non-hydrogen) atoms. The lowest BCUT2D eigenvalue weighted by molar-refractivity contribution is 1.40. The summed E-state index contributed by atoms with van der Waals surface area (Å²) in [6.45, 7) is 0. The normalized spacial score (nSPS) is 10.9. The number of aromatic amines is 1. The van der Waals surface area contributed by atoms with E-state index < -0.39 is 0 Å². The van der Waals surface area contributed by atoms with Gasteiger partial charge in [-0.1, -0.05) is 18.2 Å². The van der Waals surface area contributed by atoms with Crippen molar-refractivity contribution in [2.45, 2.75) is 0 Å². The smallest absolute Gasteiger partial charge is 0.0832 e. The van der Waals surface area contributed by atoms with E-state index in [1.165, 1.54) is 16.5 Å². The number of nitrogens with one attached hydrogen (secondary N) is 1. The summed E-state index contributed by atoms with van der Waals surface area (Å²) in [5.74, 6) is 0. The molecule has 0 saturated heterocycles. The van der Waals surface area contributed by atoms with Crippen LogP contribution in [-0.4, -0.2) is 9.97 Å². The van der Waals surface area contributed by atoms with Gasteiger partial charge in [-0.2, -0.15) is 0 Å². The van der Waals surface area contributed by atoms with E-state index in [0.717, 1.165) is 5.69 Å². The molecule has 0 radical (unpaired) electrons. The fraction of sp³-hybridized carbons (Fsp3) is 0. The molecule has 2 aromatic heterocycles. The second-order valence-electron chi connectivity index (χ2n) is 3.12. The number of fused-ring (bicyclic) bond motifs is 1. The van der Waals surface area contributed by atoms with Gasteiger partial charge in [-0.3, -0.25) is 0 Å². The Balaban J connectivity index is 2.36. The van der Waals surface area contributed by atoms with Crippen molar-refractivity contribution in [2.24, 2.45) is 0 Å². The van der Waals surface area contributed by atoms with Gasteiger partial charge < -0.3 is 4.98 Å². The van der Waals surface area contributed by atoms with Crippen molar-refractivity contribution in [3.05, 3.63) is 41.4 Å². The molecule has 1 N–H and O–H groups in total. The van der Waals surface area contributed by atoms with E-state index in [1.807, 2.05) is 11.7 Å². The van der Waals surface area contributed by atoms with Crippen molar-refractivity contribution in [1.82, 2.24) is 9.97 Å². The second kappa shape index (κ2) is 2.96. The minimum absolute atomic E-state index is 1.04. The highest BCUT2D eigenvalue weighted by atomic mass is 32.1. The predicted octanol–water partition coefficient (Wildman–Crippen LogP) is 3.29. The number of hydrogen-bond acceptors (Lipinski definition) is 2. The Morgan fingerprint density at radius 1 is 1.21 bits per heavy atom. The van der Waals surface area contributed by atoms with Crippen molar-refractivity contribution < 1.29 is 0 Å². The van der Waals surface area contributed by atoms with E-state index in [4.69, 9.17) is 0 Å². The lowest BCUT2D eigenvalue weighted by Crippen LogP contribution is -1.78. The topological polar surface area (TPSA) is 28.7 Å². The first-order chi connectivity index (χ1) is 6.95. The predicted molar refractivity (Wildman–Crippen MR) is 59.4 cm³/mol. The van der Waals surface area contributed by atoms with Crippen LogP contribution in [0.2, 0.25) is 0 Å². The monoisotopic (exact) mass is 200 g/mol. The molecular formula is C11H8N2S. The number of aromatic nitrogens is 2. The van der Waals surface area contributed by atoms with Crippen LogP contribution in [0, 0.1) is 0 Å². The van der Waals surface area contributed by atoms with Crippen molar-refractivity contribution in [1.29, 1.82) is 0 Å². The van der Waals surface area contributed by atoms with Crippen LogP contribution in [0.5, 0.6) is 0 Å². The Bertz CT molecular complexity index is 551. The molecule has 1 aromatic carbocycles. The molecule has 0 spiro atoms. The molecule has 0 aliphatic carbocycles. The summed E-state index contributed by atoms with van der Waals surface area (Å²) in [4.78, 5) is 7.56. The molecule has 0 amide bonds. The maximum absolute atomic E-state index is 4.31. The fourth-order valence-electron chi connectivity index (χ4n) is 1.64. The van der Waals surface area contributed by atoms with E-state index in [-0.39, 0.29) is 0 Å². The summed E-state index contributed by atoms with van der Waals surface area (Å²) in [6.07, 6.45) is 1.96. The molecule has 0 saturated carbocycles. The van der Waals surface area contributed by atoms with Gasteiger partial charge in [-0.05, 0) is 6.07 Å². The zero-order valence-electron chi connectivity index (χ0n) is 7.40. The van der Waals surface area contributed by atoms with Crippen LogP contribution in [0.3, 0.4) is 0 Å². The highest BCUT2D eigenvalue weighted by Gasteiger charge is 2.04. The summed E-state index contributed by atoms with van der Waals surface area (Å²) in [5.41, 5.74) is 5.24. The molecule has 0 atom stereocenters. The zero-order chi connectivity index (χ0) is 9.38. The molecule has 0 bridgehead atoms. The summed E-state index contributed by atoms with van der Waals surface area (Å²) in [6, 6.07) is 8.33. The molecule has 0 aliphatic heterocycles. The lowest BCUT2D eigenvalue weighted by Gasteiger charge is -1.98. The molecule has 2 nitrogen and oxygen atoms in total. The number of nitrogens with zero attached hydrogens (tertiary/aromatic N) is 1. The standard InChI is InChI=1S/C11H8N2S/c1-2-8-4-5-12-11(8)9(3-1)10-6-14-7-13-10/h1-7,12H. The Kier molecular flexibility index (Phi) is 1.64. The first-order valence-corrected chi connectivity index (χ1v) is 5.34. The van der Waals surface area contributed by atoms with Crippen LogP contribution in [-0.2, 0) is 0 Å². The van der Waals surface area contributed by atoms with Crippen molar-refractivity contribution in [2.75, 3.05) is 0 Å². The maximum Gasteiger partial charge on any atom is 0.0832 e. The Morgan fingerprint density at radius 3 is 3.07 bits per heavy atom. The number of para-hydroxylation sites is 1. The highest BCUT2D eigenvalue weighted by Crippen LogP contribution is 2.26. The average Bonchev–Trinajstić information content (AvgIpc) is 2.88. The highest BCUT2D eigenvalue weighted by molar-refractivity contribution is 7.07. The summed E-state index contributed by atoms with van der Waals surface area (Å²) >= 11 is 1.62. The van der Waals surface area contributed by atoms with Crippen LogP contribution in [0.15, 0.2) is 41.4 Å².